The third-order valence-corrected chi connectivity index (χ3v) is 4.69. The van der Waals surface area contributed by atoms with Crippen LogP contribution in [0.3, 0.4) is 0 Å². The van der Waals surface area contributed by atoms with E-state index in [9.17, 15) is 4.79 Å². The van der Waals surface area contributed by atoms with E-state index in [1.165, 1.54) is 0 Å². The van der Waals surface area contributed by atoms with E-state index in [1.54, 1.807) is 24.2 Å². The molecule has 2 amide bonds. The van der Waals surface area contributed by atoms with Crippen molar-refractivity contribution in [1.29, 1.82) is 0 Å². The smallest absolute Gasteiger partial charge is 0.317 e. The molecule has 7 heteroatoms. The number of aromatic nitrogens is 2. The molecule has 3 heterocycles. The van der Waals surface area contributed by atoms with E-state index in [2.05, 4.69) is 27.6 Å². The van der Waals surface area contributed by atoms with Crippen LogP contribution < -0.4 is 5.32 Å². The van der Waals surface area contributed by atoms with E-state index in [-0.39, 0.29) is 17.9 Å². The third-order valence-electron chi connectivity index (χ3n) is 4.69. The molecular formula is C19H20N4O3. The first-order chi connectivity index (χ1) is 12.7. The maximum absolute atomic E-state index is 12.6. The molecule has 0 aliphatic carbocycles. The van der Waals surface area contributed by atoms with Crippen LogP contribution in [0.1, 0.15) is 34.9 Å². The van der Waals surface area contributed by atoms with E-state index >= 15 is 0 Å². The number of urea groups is 1. The average Bonchev–Trinajstić information content (AvgIpc) is 3.40. The van der Waals surface area contributed by atoms with Crippen LogP contribution in [0.4, 0.5) is 4.79 Å². The molecule has 0 bridgehead atoms. The Hall–Kier alpha value is -3.09. The van der Waals surface area contributed by atoms with E-state index in [4.69, 9.17) is 8.94 Å². The average molecular weight is 352 g/mol. The van der Waals surface area contributed by atoms with Crippen molar-refractivity contribution in [3.8, 4) is 0 Å². The highest BCUT2D eigenvalue weighted by Crippen LogP contribution is 2.38. The Morgan fingerprint density at radius 3 is 2.69 bits per heavy atom. The van der Waals surface area contributed by atoms with Crippen LogP contribution in [-0.2, 0) is 6.54 Å². The molecule has 4 rings (SSSR count). The normalized spacial score (nSPS) is 19.7. The summed E-state index contributed by atoms with van der Waals surface area (Å²) in [6.07, 6.45) is 1.59. The number of benzene rings is 1. The predicted molar refractivity (Wildman–Crippen MR) is 93.5 cm³/mol. The van der Waals surface area contributed by atoms with Crippen molar-refractivity contribution in [2.45, 2.75) is 25.3 Å². The summed E-state index contributed by atoms with van der Waals surface area (Å²) >= 11 is 0. The second-order valence-corrected chi connectivity index (χ2v) is 6.45. The minimum absolute atomic E-state index is 0.0204. The van der Waals surface area contributed by atoms with E-state index in [0.29, 0.717) is 31.3 Å². The van der Waals surface area contributed by atoms with Gasteiger partial charge in [-0.2, -0.15) is 4.98 Å². The van der Waals surface area contributed by atoms with Crippen LogP contribution in [0.25, 0.3) is 0 Å². The maximum atomic E-state index is 12.6. The molecule has 1 aromatic carbocycles. The standard InChI is InChI=1S/C19H20N4O3/c1-13-21-18(26-22-13)17-12-23(11-16(17)14-6-3-2-4-7-14)19(24)20-10-15-8-5-9-25-15/h2-9,16-17H,10-12H2,1H3,(H,20,24). The largest absolute Gasteiger partial charge is 0.467 e. The van der Waals surface area contributed by atoms with Gasteiger partial charge in [-0.25, -0.2) is 4.79 Å². The molecule has 2 unspecified atom stereocenters. The summed E-state index contributed by atoms with van der Waals surface area (Å²) in [5.41, 5.74) is 1.16. The molecule has 0 spiro atoms. The van der Waals surface area contributed by atoms with Crippen molar-refractivity contribution in [3.63, 3.8) is 0 Å². The highest BCUT2D eigenvalue weighted by Gasteiger charge is 2.40. The van der Waals surface area contributed by atoms with Gasteiger partial charge in [0.25, 0.3) is 0 Å². The second kappa shape index (κ2) is 7.03. The first-order valence-corrected chi connectivity index (χ1v) is 8.61. The Kier molecular flexibility index (Phi) is 4.43. The number of amides is 2. The van der Waals surface area contributed by atoms with Crippen LogP contribution >= 0.6 is 0 Å². The molecule has 1 saturated heterocycles. The molecule has 1 fully saturated rings. The van der Waals surface area contributed by atoms with Gasteiger partial charge in [0, 0.05) is 19.0 Å². The van der Waals surface area contributed by atoms with Gasteiger partial charge in [-0.05, 0) is 24.6 Å². The minimum Gasteiger partial charge on any atom is -0.467 e. The molecule has 134 valence electrons. The van der Waals surface area contributed by atoms with Gasteiger partial charge in [0.2, 0.25) is 5.89 Å². The van der Waals surface area contributed by atoms with Crippen LogP contribution in [0.2, 0.25) is 0 Å². The predicted octanol–water partition coefficient (Wildman–Crippen LogP) is 3.06. The number of hydrogen-bond acceptors (Lipinski definition) is 5. The Morgan fingerprint density at radius 1 is 1.19 bits per heavy atom. The van der Waals surface area contributed by atoms with Crippen molar-refractivity contribution >= 4 is 6.03 Å². The molecule has 3 aromatic rings. The van der Waals surface area contributed by atoms with Crippen molar-refractivity contribution in [2.24, 2.45) is 0 Å². The van der Waals surface area contributed by atoms with Gasteiger partial charge in [-0.1, -0.05) is 35.5 Å². The van der Waals surface area contributed by atoms with Gasteiger partial charge >= 0.3 is 6.03 Å². The highest BCUT2D eigenvalue weighted by molar-refractivity contribution is 5.74. The first-order valence-electron chi connectivity index (χ1n) is 8.61. The van der Waals surface area contributed by atoms with Gasteiger partial charge in [0.15, 0.2) is 5.82 Å². The minimum atomic E-state index is -0.124. The van der Waals surface area contributed by atoms with Crippen LogP contribution in [0.5, 0.6) is 0 Å². The lowest BCUT2D eigenvalue weighted by Crippen LogP contribution is -2.38. The summed E-state index contributed by atoms with van der Waals surface area (Å²) in [6, 6.07) is 13.7. The van der Waals surface area contributed by atoms with Gasteiger partial charge in [-0.15, -0.1) is 0 Å². The summed E-state index contributed by atoms with van der Waals surface area (Å²) in [7, 11) is 0. The number of hydrogen-bond donors (Lipinski definition) is 1. The van der Waals surface area contributed by atoms with E-state index < -0.39 is 0 Å². The molecule has 0 radical (unpaired) electrons. The number of carbonyl (C=O) groups excluding carboxylic acids is 1. The van der Waals surface area contributed by atoms with Gasteiger partial charge in [-0.3, -0.25) is 0 Å². The molecule has 1 N–H and O–H groups in total. The molecule has 2 aromatic heterocycles. The molecular weight excluding hydrogens is 332 g/mol. The van der Waals surface area contributed by atoms with Gasteiger partial charge in [0.05, 0.1) is 18.7 Å². The zero-order valence-electron chi connectivity index (χ0n) is 14.5. The van der Waals surface area contributed by atoms with Gasteiger partial charge in [0.1, 0.15) is 5.76 Å². The maximum Gasteiger partial charge on any atom is 0.317 e. The SMILES string of the molecule is Cc1noc(C2CN(C(=O)NCc3ccco3)CC2c2ccccc2)n1. The fraction of sp³-hybridized carbons (Fsp3) is 0.316. The highest BCUT2D eigenvalue weighted by atomic mass is 16.5. The van der Waals surface area contributed by atoms with Crippen molar-refractivity contribution in [1.82, 2.24) is 20.4 Å². The van der Waals surface area contributed by atoms with E-state index in [0.717, 1.165) is 11.3 Å². The molecule has 7 nitrogen and oxygen atoms in total. The quantitative estimate of drug-likeness (QED) is 0.780. The lowest BCUT2D eigenvalue weighted by atomic mass is 9.89. The fourth-order valence-electron chi connectivity index (χ4n) is 3.41. The zero-order chi connectivity index (χ0) is 17.9. The summed E-state index contributed by atoms with van der Waals surface area (Å²) in [6.45, 7) is 3.29. The van der Waals surface area contributed by atoms with Crippen LogP contribution in [0.15, 0.2) is 57.7 Å². The zero-order valence-corrected chi connectivity index (χ0v) is 14.5. The topological polar surface area (TPSA) is 84.4 Å². The number of likely N-dealkylation sites (tertiary alicyclic amines) is 1. The Morgan fingerprint density at radius 2 is 2.00 bits per heavy atom. The molecule has 26 heavy (non-hydrogen) atoms. The van der Waals surface area contributed by atoms with Crippen LogP contribution in [-0.4, -0.2) is 34.2 Å². The Balaban J connectivity index is 1.52. The monoisotopic (exact) mass is 352 g/mol. The van der Waals surface area contributed by atoms with Crippen molar-refractivity contribution in [2.75, 3.05) is 13.1 Å². The van der Waals surface area contributed by atoms with E-state index in [1.807, 2.05) is 24.3 Å². The number of nitrogens with one attached hydrogen (secondary N) is 1. The summed E-state index contributed by atoms with van der Waals surface area (Å²) in [5.74, 6) is 2.00. The molecule has 2 atom stereocenters. The Bertz CT molecular complexity index is 860. The number of rotatable bonds is 4. The van der Waals surface area contributed by atoms with Crippen molar-refractivity contribution < 1.29 is 13.7 Å². The summed E-state index contributed by atoms with van der Waals surface area (Å²) in [5, 5.41) is 6.81. The number of carbonyl (C=O) groups is 1. The second-order valence-electron chi connectivity index (χ2n) is 6.45. The summed E-state index contributed by atoms with van der Waals surface area (Å²) < 4.78 is 10.7. The van der Waals surface area contributed by atoms with Crippen LogP contribution in [0, 0.1) is 6.92 Å². The lowest BCUT2D eigenvalue weighted by Gasteiger charge is -2.17. The summed E-state index contributed by atoms with van der Waals surface area (Å²) in [4.78, 5) is 18.8. The number of furan rings is 1. The Labute approximate surface area is 151 Å². The molecule has 0 saturated carbocycles. The fourth-order valence-corrected chi connectivity index (χ4v) is 3.41. The third kappa shape index (κ3) is 3.33. The van der Waals surface area contributed by atoms with Crippen molar-refractivity contribution in [3.05, 3.63) is 71.8 Å². The van der Waals surface area contributed by atoms with Gasteiger partial charge < -0.3 is 19.2 Å². The lowest BCUT2D eigenvalue weighted by molar-refractivity contribution is 0.206. The number of nitrogens with zero attached hydrogens (tertiary/aromatic N) is 3. The number of aryl methyl sites for hydroxylation is 1. The first kappa shape index (κ1) is 16.4. The molecule has 1 aliphatic rings. The molecule has 1 aliphatic heterocycles.